The lowest BCUT2D eigenvalue weighted by atomic mass is 9.92. The topological polar surface area (TPSA) is 91.3 Å². The van der Waals surface area contributed by atoms with Crippen LogP contribution in [0.2, 0.25) is 0 Å². The molecule has 0 aromatic heterocycles. The van der Waals surface area contributed by atoms with Gasteiger partial charge in [-0.1, -0.05) is 13.0 Å². The second-order valence-corrected chi connectivity index (χ2v) is 9.05. The molecular formula is C27H28F5N3O3. The van der Waals surface area contributed by atoms with Crippen LogP contribution in [0, 0.1) is 17.0 Å². The highest BCUT2D eigenvalue weighted by Gasteiger charge is 2.53. The van der Waals surface area contributed by atoms with Crippen LogP contribution in [0.3, 0.4) is 0 Å². The molecule has 6 nitrogen and oxygen atoms in total. The highest BCUT2D eigenvalue weighted by molar-refractivity contribution is 6.13. The number of anilines is 1. The van der Waals surface area contributed by atoms with E-state index in [2.05, 4.69) is 10.6 Å². The number of benzene rings is 2. The van der Waals surface area contributed by atoms with E-state index in [0.717, 1.165) is 24.8 Å². The predicted molar refractivity (Wildman–Crippen MR) is 133 cm³/mol. The van der Waals surface area contributed by atoms with Gasteiger partial charge in [0.15, 0.2) is 0 Å². The summed E-state index contributed by atoms with van der Waals surface area (Å²) < 4.78 is 73.8. The first-order valence-electron chi connectivity index (χ1n) is 12.0. The average Bonchev–Trinajstić information content (AvgIpc) is 3.66. The summed E-state index contributed by atoms with van der Waals surface area (Å²) in [4.78, 5) is 25.8. The third-order valence-corrected chi connectivity index (χ3v) is 6.42. The highest BCUT2D eigenvalue weighted by atomic mass is 19.4. The number of hydrogen-bond acceptors (Lipinski definition) is 5. The molecule has 204 valence electrons. The van der Waals surface area contributed by atoms with E-state index in [1.165, 1.54) is 12.3 Å². The summed E-state index contributed by atoms with van der Waals surface area (Å²) in [6, 6.07) is 4.14. The Morgan fingerprint density at radius 1 is 1.13 bits per heavy atom. The minimum absolute atomic E-state index is 0.0120. The quantitative estimate of drug-likeness (QED) is 0.191. The Bertz CT molecular complexity index is 1270. The Morgan fingerprint density at radius 2 is 1.82 bits per heavy atom. The summed E-state index contributed by atoms with van der Waals surface area (Å²) in [5, 5.41) is 13.2. The zero-order chi connectivity index (χ0) is 28.3. The summed E-state index contributed by atoms with van der Waals surface area (Å²) in [5.74, 6) is -3.73. The number of carbonyl (C=O) groups excluding carboxylic acids is 2. The maximum Gasteiger partial charge on any atom is 0.416 e. The first-order valence-corrected chi connectivity index (χ1v) is 12.0. The summed E-state index contributed by atoms with van der Waals surface area (Å²) in [6.07, 6.45) is -1.35. The first kappa shape index (κ1) is 28.8. The number of nitrogens with one attached hydrogen (secondary N) is 3. The molecule has 1 saturated carbocycles. The largest absolute Gasteiger partial charge is 0.462 e. The lowest BCUT2D eigenvalue weighted by molar-refractivity contribution is -0.137. The molecule has 3 N–H and O–H groups in total. The number of ether oxygens (including phenoxy) is 1. The number of rotatable bonds is 10. The van der Waals surface area contributed by atoms with Gasteiger partial charge in [-0.05, 0) is 57.4 Å². The fraction of sp³-hybridized carbons (Fsp3) is 0.370. The molecule has 1 fully saturated rings. The van der Waals surface area contributed by atoms with Crippen molar-refractivity contribution in [1.29, 1.82) is 5.41 Å². The molecule has 2 aromatic carbocycles. The fourth-order valence-corrected chi connectivity index (χ4v) is 3.95. The SMILES string of the molecule is CCOC(=O)c1cc(NC(=O)C2(c3ccc(C(F)(F)F)cc3F)CC2)cc(F)c1/C(C=N)=C/N[C@H](C)CC. The van der Waals surface area contributed by atoms with Gasteiger partial charge < -0.3 is 20.8 Å². The van der Waals surface area contributed by atoms with Gasteiger partial charge in [0.25, 0.3) is 0 Å². The molecule has 0 heterocycles. The van der Waals surface area contributed by atoms with Crippen molar-refractivity contribution in [3.8, 4) is 0 Å². The molecular weight excluding hydrogens is 509 g/mol. The Labute approximate surface area is 216 Å². The second kappa shape index (κ2) is 11.3. The van der Waals surface area contributed by atoms with E-state index in [4.69, 9.17) is 10.1 Å². The number of amides is 1. The summed E-state index contributed by atoms with van der Waals surface area (Å²) in [5.41, 5.74) is -3.31. The summed E-state index contributed by atoms with van der Waals surface area (Å²) >= 11 is 0. The second-order valence-electron chi connectivity index (χ2n) is 9.05. The van der Waals surface area contributed by atoms with E-state index in [9.17, 15) is 27.2 Å². The lowest BCUT2D eigenvalue weighted by Gasteiger charge is -2.19. The predicted octanol–water partition coefficient (Wildman–Crippen LogP) is 6.21. The fourth-order valence-electron chi connectivity index (χ4n) is 3.95. The van der Waals surface area contributed by atoms with Crippen LogP contribution in [0.15, 0.2) is 36.5 Å². The normalized spacial score (nSPS) is 15.4. The van der Waals surface area contributed by atoms with Crippen molar-refractivity contribution in [3.63, 3.8) is 0 Å². The standard InChI is InChI=1S/C27H28F5N3O3/c1-4-15(3)34-14-16(13-33)23-19(24(36)38-5-2)11-18(12-22(23)29)35-25(37)26(8-9-26)20-7-6-17(10-21(20)28)27(30,31)32/h6-7,10-15,33-34H,4-5,8-9H2,1-3H3,(H,35,37)/b16-14+,33-13?/t15-/m1/s1. The number of esters is 1. The molecule has 1 aliphatic rings. The Balaban J connectivity index is 1.98. The molecule has 0 saturated heterocycles. The van der Waals surface area contributed by atoms with Gasteiger partial charge >= 0.3 is 12.1 Å². The summed E-state index contributed by atoms with van der Waals surface area (Å²) in [7, 11) is 0. The molecule has 1 aliphatic carbocycles. The number of carbonyl (C=O) groups is 2. The van der Waals surface area contributed by atoms with E-state index in [1.54, 1.807) is 6.92 Å². The van der Waals surface area contributed by atoms with Gasteiger partial charge in [0, 0.05) is 40.8 Å². The van der Waals surface area contributed by atoms with Crippen LogP contribution in [-0.2, 0) is 21.1 Å². The van der Waals surface area contributed by atoms with E-state index in [1.807, 2.05) is 13.8 Å². The van der Waals surface area contributed by atoms with Crippen molar-refractivity contribution in [3.05, 3.63) is 70.4 Å². The molecule has 3 rings (SSSR count). The number of allylic oxidation sites excluding steroid dienone is 1. The third kappa shape index (κ3) is 6.03. The number of alkyl halides is 3. The number of hydrogen-bond donors (Lipinski definition) is 3. The van der Waals surface area contributed by atoms with Crippen molar-refractivity contribution in [2.24, 2.45) is 0 Å². The molecule has 0 spiro atoms. The molecule has 1 amide bonds. The maximum atomic E-state index is 15.4. The highest BCUT2D eigenvalue weighted by Crippen LogP contribution is 2.50. The van der Waals surface area contributed by atoms with Crippen LogP contribution in [0.1, 0.15) is 67.1 Å². The van der Waals surface area contributed by atoms with Crippen molar-refractivity contribution >= 4 is 29.4 Å². The van der Waals surface area contributed by atoms with Crippen LogP contribution in [0.25, 0.3) is 5.57 Å². The van der Waals surface area contributed by atoms with E-state index < -0.39 is 40.7 Å². The number of halogens is 5. The monoisotopic (exact) mass is 537 g/mol. The molecule has 0 radical (unpaired) electrons. The Morgan fingerprint density at radius 3 is 2.34 bits per heavy atom. The van der Waals surface area contributed by atoms with Crippen molar-refractivity contribution < 1.29 is 36.3 Å². The molecule has 2 aromatic rings. The maximum absolute atomic E-state index is 15.4. The molecule has 0 aliphatic heterocycles. The van der Waals surface area contributed by atoms with Gasteiger partial charge in [-0.15, -0.1) is 0 Å². The van der Waals surface area contributed by atoms with E-state index >= 15 is 4.39 Å². The van der Waals surface area contributed by atoms with Crippen LogP contribution >= 0.6 is 0 Å². The van der Waals surface area contributed by atoms with Crippen molar-refractivity contribution in [2.45, 2.75) is 57.7 Å². The van der Waals surface area contributed by atoms with E-state index in [0.29, 0.717) is 12.1 Å². The first-order chi connectivity index (χ1) is 17.9. The molecule has 1 atom stereocenters. The van der Waals surface area contributed by atoms with Crippen molar-refractivity contribution in [1.82, 2.24) is 5.32 Å². The van der Waals surface area contributed by atoms with Crippen LogP contribution in [0.5, 0.6) is 0 Å². The lowest BCUT2D eigenvalue weighted by Crippen LogP contribution is -2.29. The zero-order valence-electron chi connectivity index (χ0n) is 21.1. The van der Waals surface area contributed by atoms with Gasteiger partial charge in [-0.2, -0.15) is 13.2 Å². The molecule has 11 heteroatoms. The average molecular weight is 538 g/mol. The zero-order valence-corrected chi connectivity index (χ0v) is 21.1. The molecule has 38 heavy (non-hydrogen) atoms. The third-order valence-electron chi connectivity index (χ3n) is 6.42. The minimum atomic E-state index is -4.74. The van der Waals surface area contributed by atoms with Crippen LogP contribution < -0.4 is 10.6 Å². The van der Waals surface area contributed by atoms with E-state index in [-0.39, 0.29) is 53.4 Å². The van der Waals surface area contributed by atoms with Gasteiger partial charge in [0.2, 0.25) is 5.91 Å². The smallest absolute Gasteiger partial charge is 0.416 e. The molecule has 0 unspecified atom stereocenters. The van der Waals surface area contributed by atoms with Gasteiger partial charge in [0.1, 0.15) is 11.6 Å². The molecule has 0 bridgehead atoms. The van der Waals surface area contributed by atoms with Crippen LogP contribution in [-0.4, -0.2) is 30.7 Å². The van der Waals surface area contributed by atoms with Gasteiger partial charge in [-0.25, -0.2) is 13.6 Å². The Hall–Kier alpha value is -3.76. The van der Waals surface area contributed by atoms with Crippen molar-refractivity contribution in [2.75, 3.05) is 11.9 Å². The Kier molecular flexibility index (Phi) is 8.58. The van der Waals surface area contributed by atoms with Gasteiger partial charge in [0.05, 0.1) is 23.1 Å². The van der Waals surface area contributed by atoms with Crippen LogP contribution in [0.4, 0.5) is 27.6 Å². The van der Waals surface area contributed by atoms with Gasteiger partial charge in [-0.3, -0.25) is 4.79 Å². The summed E-state index contributed by atoms with van der Waals surface area (Å²) in [6.45, 7) is 5.36. The minimum Gasteiger partial charge on any atom is -0.462 e.